The lowest BCUT2D eigenvalue weighted by molar-refractivity contribution is 0.102. The quantitative estimate of drug-likeness (QED) is 0.393. The van der Waals surface area contributed by atoms with Crippen LogP contribution in [0.1, 0.15) is 16.1 Å². The number of amides is 1. The maximum atomic E-state index is 13.0. The second kappa shape index (κ2) is 9.29. The van der Waals surface area contributed by atoms with Crippen LogP contribution in [-0.4, -0.2) is 47.0 Å². The number of benzene rings is 3. The maximum Gasteiger partial charge on any atom is 0.275 e. The minimum Gasteiger partial charge on any atom is -0.456 e. The zero-order valence-corrected chi connectivity index (χ0v) is 19.2. The Morgan fingerprint density at radius 2 is 1.77 bits per heavy atom. The van der Waals surface area contributed by atoms with Gasteiger partial charge in [0.2, 0.25) is 0 Å². The number of nitrogens with one attached hydrogen (secondary N) is 2. The third kappa shape index (κ3) is 4.51. The van der Waals surface area contributed by atoms with Crippen molar-refractivity contribution < 1.29 is 9.21 Å². The molecule has 1 amide bonds. The van der Waals surface area contributed by atoms with E-state index in [0.717, 1.165) is 54.8 Å². The number of aromatic nitrogens is 2. The van der Waals surface area contributed by atoms with Gasteiger partial charge in [0.05, 0.1) is 22.9 Å². The van der Waals surface area contributed by atoms with Gasteiger partial charge in [0.25, 0.3) is 5.91 Å². The van der Waals surface area contributed by atoms with Crippen molar-refractivity contribution in [1.29, 1.82) is 0 Å². The summed E-state index contributed by atoms with van der Waals surface area (Å²) >= 11 is 0. The highest BCUT2D eigenvalue weighted by Gasteiger charge is 2.16. The SMILES string of the molecule is O=C(Nc1ccccc1-c1cc2ccc(CN3CCNCC3)cc2o1)c1cnc2ccccc2n1. The third-order valence-electron chi connectivity index (χ3n) is 6.32. The predicted octanol–water partition coefficient (Wildman–Crippen LogP) is 4.70. The van der Waals surface area contributed by atoms with Crippen molar-refractivity contribution >= 4 is 33.6 Å². The molecule has 3 aromatic carbocycles. The average Bonchev–Trinajstić information content (AvgIpc) is 3.32. The van der Waals surface area contributed by atoms with E-state index >= 15 is 0 Å². The number of carbonyl (C=O) groups is 1. The molecule has 0 aliphatic carbocycles. The van der Waals surface area contributed by atoms with Crippen LogP contribution in [0.3, 0.4) is 0 Å². The summed E-state index contributed by atoms with van der Waals surface area (Å²) in [5, 5.41) is 7.41. The topological polar surface area (TPSA) is 83.3 Å². The molecular formula is C28H25N5O2. The molecule has 3 heterocycles. The molecule has 7 nitrogen and oxygen atoms in total. The molecule has 1 fully saturated rings. The number of nitrogens with zero attached hydrogens (tertiary/aromatic N) is 3. The van der Waals surface area contributed by atoms with Crippen molar-refractivity contribution in [1.82, 2.24) is 20.2 Å². The minimum atomic E-state index is -0.315. The first-order chi connectivity index (χ1) is 17.2. The van der Waals surface area contributed by atoms with Gasteiger partial charge in [0, 0.05) is 43.7 Å². The number of rotatable bonds is 5. The summed E-state index contributed by atoms with van der Waals surface area (Å²) in [5.41, 5.74) is 5.25. The molecule has 1 aliphatic rings. The predicted molar refractivity (Wildman–Crippen MR) is 137 cm³/mol. The van der Waals surface area contributed by atoms with Gasteiger partial charge in [-0.2, -0.15) is 0 Å². The largest absolute Gasteiger partial charge is 0.456 e. The molecule has 0 unspecified atom stereocenters. The normalized spacial score (nSPS) is 14.4. The molecule has 6 rings (SSSR count). The smallest absolute Gasteiger partial charge is 0.275 e. The number of furan rings is 1. The molecule has 0 bridgehead atoms. The summed E-state index contributed by atoms with van der Waals surface area (Å²) in [5.74, 6) is 0.393. The van der Waals surface area contributed by atoms with Crippen molar-refractivity contribution in [2.45, 2.75) is 6.54 Å². The Morgan fingerprint density at radius 3 is 2.66 bits per heavy atom. The van der Waals surface area contributed by atoms with Crippen LogP contribution >= 0.6 is 0 Å². The molecule has 35 heavy (non-hydrogen) atoms. The van der Waals surface area contributed by atoms with Gasteiger partial charge in [0.15, 0.2) is 0 Å². The van der Waals surface area contributed by atoms with E-state index in [1.54, 1.807) is 0 Å². The van der Waals surface area contributed by atoms with Crippen molar-refractivity contribution in [3.8, 4) is 11.3 Å². The highest BCUT2D eigenvalue weighted by Crippen LogP contribution is 2.33. The van der Waals surface area contributed by atoms with E-state index in [4.69, 9.17) is 4.42 Å². The van der Waals surface area contributed by atoms with Gasteiger partial charge in [-0.25, -0.2) is 4.98 Å². The lowest BCUT2D eigenvalue weighted by Gasteiger charge is -2.27. The van der Waals surface area contributed by atoms with Gasteiger partial charge in [-0.3, -0.25) is 14.7 Å². The highest BCUT2D eigenvalue weighted by molar-refractivity contribution is 6.05. The van der Waals surface area contributed by atoms with Crippen LogP contribution in [0.2, 0.25) is 0 Å². The number of fused-ring (bicyclic) bond motifs is 2. The number of hydrogen-bond acceptors (Lipinski definition) is 6. The Hall–Kier alpha value is -4.07. The molecule has 7 heteroatoms. The van der Waals surface area contributed by atoms with Gasteiger partial charge >= 0.3 is 0 Å². The molecule has 2 aromatic heterocycles. The maximum absolute atomic E-state index is 13.0. The molecule has 174 valence electrons. The summed E-state index contributed by atoms with van der Waals surface area (Å²) in [4.78, 5) is 24.3. The fourth-order valence-electron chi connectivity index (χ4n) is 4.49. The first kappa shape index (κ1) is 21.5. The first-order valence-corrected chi connectivity index (χ1v) is 11.8. The van der Waals surface area contributed by atoms with Crippen molar-refractivity contribution in [3.05, 3.63) is 90.3 Å². The Morgan fingerprint density at radius 1 is 0.971 bits per heavy atom. The summed E-state index contributed by atoms with van der Waals surface area (Å²) in [6, 6.07) is 23.5. The van der Waals surface area contributed by atoms with E-state index in [1.807, 2.05) is 54.6 Å². The molecule has 5 aromatic rings. The molecule has 0 atom stereocenters. The number of carbonyl (C=O) groups excluding carboxylic acids is 1. The van der Waals surface area contributed by atoms with Gasteiger partial charge in [0.1, 0.15) is 17.0 Å². The van der Waals surface area contributed by atoms with E-state index < -0.39 is 0 Å². The third-order valence-corrected chi connectivity index (χ3v) is 6.32. The van der Waals surface area contributed by atoms with Crippen LogP contribution in [0.15, 0.2) is 83.4 Å². The fraction of sp³-hybridized carbons (Fsp3) is 0.179. The minimum absolute atomic E-state index is 0.265. The van der Waals surface area contributed by atoms with Crippen LogP contribution in [0.25, 0.3) is 33.3 Å². The van der Waals surface area contributed by atoms with Gasteiger partial charge in [-0.1, -0.05) is 36.4 Å². The summed E-state index contributed by atoms with van der Waals surface area (Å²) in [6.45, 7) is 5.07. The lowest BCUT2D eigenvalue weighted by atomic mass is 10.1. The van der Waals surface area contributed by atoms with Crippen LogP contribution in [0.4, 0.5) is 5.69 Å². The van der Waals surface area contributed by atoms with E-state index in [1.165, 1.54) is 11.8 Å². The van der Waals surface area contributed by atoms with Crippen LogP contribution in [-0.2, 0) is 6.54 Å². The van der Waals surface area contributed by atoms with E-state index in [9.17, 15) is 4.79 Å². The Balaban J connectivity index is 1.26. The Kier molecular flexibility index (Phi) is 5.70. The molecule has 0 radical (unpaired) electrons. The number of piperazine rings is 1. The van der Waals surface area contributed by atoms with Gasteiger partial charge < -0.3 is 15.1 Å². The molecule has 0 saturated carbocycles. The van der Waals surface area contributed by atoms with Crippen LogP contribution in [0.5, 0.6) is 0 Å². The lowest BCUT2D eigenvalue weighted by Crippen LogP contribution is -2.42. The Bertz CT molecular complexity index is 1520. The fourth-order valence-corrected chi connectivity index (χ4v) is 4.49. The van der Waals surface area contributed by atoms with E-state index in [-0.39, 0.29) is 11.6 Å². The number of para-hydroxylation sites is 3. The van der Waals surface area contributed by atoms with Crippen LogP contribution in [0, 0.1) is 0 Å². The zero-order valence-electron chi connectivity index (χ0n) is 19.2. The number of hydrogen-bond donors (Lipinski definition) is 2. The second-order valence-electron chi connectivity index (χ2n) is 8.75. The van der Waals surface area contributed by atoms with Crippen molar-refractivity contribution in [3.63, 3.8) is 0 Å². The van der Waals surface area contributed by atoms with Gasteiger partial charge in [-0.15, -0.1) is 0 Å². The van der Waals surface area contributed by atoms with E-state index in [2.05, 4.69) is 43.7 Å². The van der Waals surface area contributed by atoms with Crippen molar-refractivity contribution in [2.24, 2.45) is 0 Å². The molecule has 1 saturated heterocycles. The molecule has 0 spiro atoms. The van der Waals surface area contributed by atoms with Gasteiger partial charge in [-0.05, 0) is 42.0 Å². The second-order valence-corrected chi connectivity index (χ2v) is 8.75. The standard InChI is InChI=1S/C28H25N5O2/c34-28(25-17-30-23-7-3-4-8-24(23)31-25)32-22-6-2-1-5-21(22)27-16-20-10-9-19(15-26(20)35-27)18-33-13-11-29-12-14-33/h1-10,15-17,29H,11-14,18H2,(H,32,34). The highest BCUT2D eigenvalue weighted by atomic mass is 16.3. The average molecular weight is 464 g/mol. The van der Waals surface area contributed by atoms with Crippen molar-refractivity contribution in [2.75, 3.05) is 31.5 Å². The molecular weight excluding hydrogens is 438 g/mol. The molecule has 2 N–H and O–H groups in total. The monoisotopic (exact) mass is 463 g/mol. The summed E-state index contributed by atoms with van der Waals surface area (Å²) in [7, 11) is 0. The number of anilines is 1. The Labute approximate surface area is 202 Å². The van der Waals surface area contributed by atoms with E-state index in [0.29, 0.717) is 17.0 Å². The first-order valence-electron chi connectivity index (χ1n) is 11.8. The zero-order chi connectivity index (χ0) is 23.6. The summed E-state index contributed by atoms with van der Waals surface area (Å²) < 4.78 is 6.26. The summed E-state index contributed by atoms with van der Waals surface area (Å²) in [6.07, 6.45) is 1.50. The van der Waals surface area contributed by atoms with Crippen LogP contribution < -0.4 is 10.6 Å². The molecule has 1 aliphatic heterocycles.